The summed E-state index contributed by atoms with van der Waals surface area (Å²) < 4.78 is 1.99. The number of para-hydroxylation sites is 2. The van der Waals surface area contributed by atoms with Crippen molar-refractivity contribution in [1.29, 1.82) is 0 Å². The van der Waals surface area contributed by atoms with E-state index in [9.17, 15) is 14.7 Å². The van der Waals surface area contributed by atoms with Crippen LogP contribution in [0.4, 0.5) is 4.79 Å². The molecule has 0 saturated carbocycles. The molecule has 2 N–H and O–H groups in total. The monoisotopic (exact) mass is 596 g/mol. The van der Waals surface area contributed by atoms with E-state index in [0.29, 0.717) is 26.1 Å². The van der Waals surface area contributed by atoms with Gasteiger partial charge in [-0.15, -0.1) is 0 Å². The SMILES string of the molecule is CCCC(C)C1(C(C)CCC)C(N(Cc2ccccc2)Cc2ccccc2)N(C(=O)O)CCC1n1c(=O)[nH]c2ccccc21. The van der Waals surface area contributed by atoms with Crippen molar-refractivity contribution in [2.45, 2.75) is 85.1 Å². The van der Waals surface area contributed by atoms with Gasteiger partial charge in [0.25, 0.3) is 0 Å². The zero-order chi connectivity index (χ0) is 31.3. The van der Waals surface area contributed by atoms with Crippen LogP contribution in [0.1, 0.15) is 77.0 Å². The van der Waals surface area contributed by atoms with Gasteiger partial charge in [-0.1, -0.05) is 126 Å². The number of hydrogen-bond donors (Lipinski definition) is 2. The van der Waals surface area contributed by atoms with E-state index in [2.05, 4.69) is 61.8 Å². The second-order valence-corrected chi connectivity index (χ2v) is 12.7. The lowest BCUT2D eigenvalue weighted by atomic mass is 9.56. The minimum atomic E-state index is -0.900. The highest BCUT2D eigenvalue weighted by molar-refractivity contribution is 5.75. The van der Waals surface area contributed by atoms with Crippen molar-refractivity contribution in [3.63, 3.8) is 0 Å². The molecule has 0 radical (unpaired) electrons. The van der Waals surface area contributed by atoms with E-state index in [-0.39, 0.29) is 23.6 Å². The molecular weight excluding hydrogens is 548 g/mol. The smallest absolute Gasteiger partial charge is 0.408 e. The lowest BCUT2D eigenvalue weighted by Crippen LogP contribution is -2.69. The van der Waals surface area contributed by atoms with Crippen molar-refractivity contribution >= 4 is 17.1 Å². The maximum Gasteiger partial charge on any atom is 0.408 e. The molecule has 7 nitrogen and oxygen atoms in total. The van der Waals surface area contributed by atoms with Crippen molar-refractivity contribution in [2.75, 3.05) is 6.54 Å². The Balaban J connectivity index is 1.81. The van der Waals surface area contributed by atoms with Crippen LogP contribution in [0.3, 0.4) is 0 Å². The van der Waals surface area contributed by atoms with Gasteiger partial charge in [0.05, 0.1) is 17.2 Å². The number of piperidine rings is 1. The number of nitrogens with one attached hydrogen (secondary N) is 1. The van der Waals surface area contributed by atoms with Gasteiger partial charge in [-0.2, -0.15) is 0 Å². The second-order valence-electron chi connectivity index (χ2n) is 12.7. The Morgan fingerprint density at radius 2 is 1.41 bits per heavy atom. The first kappa shape index (κ1) is 31.6. The lowest BCUT2D eigenvalue weighted by Gasteiger charge is -2.62. The highest BCUT2D eigenvalue weighted by atomic mass is 16.4. The van der Waals surface area contributed by atoms with Gasteiger partial charge in [-0.05, 0) is 41.5 Å². The number of amides is 1. The molecule has 234 valence electrons. The van der Waals surface area contributed by atoms with Crippen LogP contribution in [0.25, 0.3) is 11.0 Å². The summed E-state index contributed by atoms with van der Waals surface area (Å²) >= 11 is 0. The summed E-state index contributed by atoms with van der Waals surface area (Å²) in [5.41, 5.74) is 3.31. The van der Waals surface area contributed by atoms with E-state index < -0.39 is 17.7 Å². The second kappa shape index (κ2) is 13.9. The Labute approximate surface area is 261 Å². The van der Waals surface area contributed by atoms with Gasteiger partial charge in [0.2, 0.25) is 0 Å². The minimum Gasteiger partial charge on any atom is -0.465 e. The zero-order valence-corrected chi connectivity index (χ0v) is 26.7. The average molecular weight is 597 g/mol. The number of aromatic amines is 1. The van der Waals surface area contributed by atoms with Crippen LogP contribution in [-0.4, -0.2) is 43.3 Å². The number of carboxylic acid groups (broad SMARTS) is 1. The van der Waals surface area contributed by atoms with E-state index in [1.54, 1.807) is 4.90 Å². The lowest BCUT2D eigenvalue weighted by molar-refractivity contribution is -0.161. The molecule has 7 heteroatoms. The van der Waals surface area contributed by atoms with Gasteiger partial charge >= 0.3 is 11.8 Å². The van der Waals surface area contributed by atoms with Crippen LogP contribution < -0.4 is 5.69 Å². The van der Waals surface area contributed by atoms with Gasteiger partial charge in [-0.25, -0.2) is 9.59 Å². The Kier molecular flexibility index (Phi) is 9.94. The number of H-pyrrole nitrogens is 1. The fourth-order valence-corrected chi connectivity index (χ4v) is 8.41. The van der Waals surface area contributed by atoms with E-state index in [4.69, 9.17) is 0 Å². The maximum absolute atomic E-state index is 13.9. The molecule has 3 aromatic carbocycles. The largest absolute Gasteiger partial charge is 0.465 e. The molecule has 1 amide bonds. The molecule has 4 unspecified atom stereocenters. The van der Waals surface area contributed by atoms with Crippen molar-refractivity contribution in [2.24, 2.45) is 17.3 Å². The zero-order valence-electron chi connectivity index (χ0n) is 26.7. The first-order chi connectivity index (χ1) is 21.3. The van der Waals surface area contributed by atoms with Crippen LogP contribution in [0.15, 0.2) is 89.7 Å². The Hall–Kier alpha value is -3.84. The van der Waals surface area contributed by atoms with E-state index in [0.717, 1.165) is 47.8 Å². The summed E-state index contributed by atoms with van der Waals surface area (Å²) in [7, 11) is 0. The van der Waals surface area contributed by atoms with Crippen molar-refractivity contribution in [1.82, 2.24) is 19.4 Å². The van der Waals surface area contributed by atoms with E-state index >= 15 is 0 Å². The topological polar surface area (TPSA) is 81.6 Å². The number of likely N-dealkylation sites (tertiary alicyclic amines) is 1. The van der Waals surface area contributed by atoms with Gasteiger partial charge in [0.1, 0.15) is 0 Å². The average Bonchev–Trinajstić information content (AvgIpc) is 3.36. The number of hydrogen-bond acceptors (Lipinski definition) is 3. The van der Waals surface area contributed by atoms with Crippen LogP contribution >= 0.6 is 0 Å². The standard InChI is InChI=1S/C37H48N4O3/c1-5-15-27(3)37(28(4)16-6-2)33(41-32-22-14-13-21-31(32)38-35(41)42)23-24-40(36(43)44)34(37)39(25-29-17-9-7-10-18-29)26-30-19-11-8-12-20-30/h7-14,17-22,27-28,33-34H,5-6,15-16,23-26H2,1-4H3,(H,38,42)(H,43,44). The molecular formula is C37H48N4O3. The van der Waals surface area contributed by atoms with Crippen LogP contribution in [0.5, 0.6) is 0 Å². The molecule has 1 fully saturated rings. The molecule has 1 saturated heterocycles. The molecule has 0 bridgehead atoms. The van der Waals surface area contributed by atoms with Gasteiger partial charge in [-0.3, -0.25) is 14.4 Å². The Bertz CT molecular complexity index is 1510. The number of benzene rings is 3. The molecule has 4 aromatic rings. The number of nitrogens with zero attached hydrogens (tertiary/aromatic N) is 3. The van der Waals surface area contributed by atoms with E-state index in [1.807, 2.05) is 65.2 Å². The summed E-state index contributed by atoms with van der Waals surface area (Å²) in [5, 5.41) is 10.9. The van der Waals surface area contributed by atoms with Gasteiger partial charge < -0.3 is 10.1 Å². The molecule has 44 heavy (non-hydrogen) atoms. The highest BCUT2D eigenvalue weighted by Gasteiger charge is 2.60. The highest BCUT2D eigenvalue weighted by Crippen LogP contribution is 2.57. The molecule has 0 aliphatic carbocycles. The van der Waals surface area contributed by atoms with Crippen LogP contribution in [-0.2, 0) is 13.1 Å². The molecule has 1 aromatic heterocycles. The van der Waals surface area contributed by atoms with Gasteiger partial charge in [0.15, 0.2) is 0 Å². The molecule has 1 aliphatic rings. The van der Waals surface area contributed by atoms with Crippen LogP contribution in [0.2, 0.25) is 0 Å². The molecule has 0 spiro atoms. The summed E-state index contributed by atoms with van der Waals surface area (Å²) in [6, 6.07) is 28.5. The van der Waals surface area contributed by atoms with Crippen molar-refractivity contribution in [3.8, 4) is 0 Å². The van der Waals surface area contributed by atoms with E-state index in [1.165, 1.54) is 0 Å². The summed E-state index contributed by atoms with van der Waals surface area (Å²) in [4.78, 5) is 34.5. The molecule has 4 atom stereocenters. The van der Waals surface area contributed by atoms with Crippen LogP contribution in [0, 0.1) is 17.3 Å². The predicted octanol–water partition coefficient (Wildman–Crippen LogP) is 8.14. The fourth-order valence-electron chi connectivity index (χ4n) is 8.41. The maximum atomic E-state index is 13.9. The normalized spacial score (nSPS) is 21.9. The first-order valence-electron chi connectivity index (χ1n) is 16.3. The number of rotatable bonds is 12. The summed E-state index contributed by atoms with van der Waals surface area (Å²) in [6.07, 6.45) is 3.07. The number of aromatic nitrogens is 2. The molecule has 2 heterocycles. The molecule has 5 rings (SSSR count). The Morgan fingerprint density at radius 1 is 0.886 bits per heavy atom. The molecule has 1 aliphatic heterocycles. The van der Waals surface area contributed by atoms with Crippen molar-refractivity contribution in [3.05, 3.63) is 107 Å². The predicted molar refractivity (Wildman–Crippen MR) is 177 cm³/mol. The fraction of sp³-hybridized carbons (Fsp3) is 0.459. The third-order valence-electron chi connectivity index (χ3n) is 10.1. The quantitative estimate of drug-likeness (QED) is 0.173. The number of imidazole rings is 1. The minimum absolute atomic E-state index is 0.117. The number of carbonyl (C=O) groups is 1. The number of fused-ring (bicyclic) bond motifs is 1. The first-order valence-corrected chi connectivity index (χ1v) is 16.3. The third kappa shape index (κ3) is 5.94. The third-order valence-corrected chi connectivity index (χ3v) is 10.1. The Morgan fingerprint density at radius 3 is 1.93 bits per heavy atom. The summed E-state index contributed by atoms with van der Waals surface area (Å²) in [5.74, 6) is 0.279. The van der Waals surface area contributed by atoms with Gasteiger partial charge in [0, 0.05) is 31.1 Å². The summed E-state index contributed by atoms with van der Waals surface area (Å²) in [6.45, 7) is 10.6. The van der Waals surface area contributed by atoms with Crippen molar-refractivity contribution < 1.29 is 9.90 Å².